The summed E-state index contributed by atoms with van der Waals surface area (Å²) in [6, 6.07) is 4.61. The van der Waals surface area contributed by atoms with E-state index in [9.17, 15) is 9.18 Å². The zero-order valence-electron chi connectivity index (χ0n) is 12.0. The van der Waals surface area contributed by atoms with Crippen LogP contribution in [0.5, 0.6) is 5.75 Å². The van der Waals surface area contributed by atoms with Crippen LogP contribution in [-0.2, 0) is 0 Å². The second-order valence-corrected chi connectivity index (χ2v) is 5.18. The molecule has 4 nitrogen and oxygen atoms in total. The molecule has 0 aromatic heterocycles. The summed E-state index contributed by atoms with van der Waals surface area (Å²) in [5.41, 5.74) is 0.0871. The van der Waals surface area contributed by atoms with Crippen molar-refractivity contribution in [1.82, 2.24) is 10.2 Å². The van der Waals surface area contributed by atoms with E-state index in [1.165, 1.54) is 32.1 Å². The number of piperidine rings is 1. The van der Waals surface area contributed by atoms with Gasteiger partial charge in [0.15, 0.2) is 0 Å². The molecule has 20 heavy (non-hydrogen) atoms. The number of halogens is 1. The molecule has 1 N–H and O–H groups in total. The Hall–Kier alpha value is -1.62. The highest BCUT2D eigenvalue weighted by Gasteiger charge is 2.21. The molecule has 1 fully saturated rings. The summed E-state index contributed by atoms with van der Waals surface area (Å²) in [4.78, 5) is 13.8. The fraction of sp³-hybridized carbons (Fsp3) is 0.533. The van der Waals surface area contributed by atoms with Crippen molar-refractivity contribution in [2.45, 2.75) is 25.3 Å². The van der Waals surface area contributed by atoms with E-state index >= 15 is 0 Å². The van der Waals surface area contributed by atoms with Gasteiger partial charge in [0, 0.05) is 25.7 Å². The number of likely N-dealkylation sites (N-methyl/N-ethyl adjacent to an activating group) is 1. The first-order chi connectivity index (χ1) is 9.61. The molecule has 1 unspecified atom stereocenters. The highest BCUT2D eigenvalue weighted by atomic mass is 19.1. The fourth-order valence-electron chi connectivity index (χ4n) is 2.50. The van der Waals surface area contributed by atoms with Crippen LogP contribution >= 0.6 is 0 Å². The molecular formula is C15H21FN2O2. The maximum atomic E-state index is 13.9. The molecule has 0 spiro atoms. The van der Waals surface area contributed by atoms with Crippen molar-refractivity contribution in [2.24, 2.45) is 0 Å². The van der Waals surface area contributed by atoms with Crippen molar-refractivity contribution in [2.75, 3.05) is 27.2 Å². The van der Waals surface area contributed by atoms with Gasteiger partial charge >= 0.3 is 0 Å². The summed E-state index contributed by atoms with van der Waals surface area (Å²) in [7, 11) is 3.18. The number of ether oxygens (including phenoxy) is 1. The molecule has 0 aliphatic carbocycles. The average Bonchev–Trinajstić information content (AvgIpc) is 2.47. The van der Waals surface area contributed by atoms with E-state index in [2.05, 4.69) is 5.32 Å². The Kier molecular flexibility index (Phi) is 4.95. The largest absolute Gasteiger partial charge is 0.497 e. The van der Waals surface area contributed by atoms with E-state index in [0.717, 1.165) is 13.0 Å². The molecule has 5 heteroatoms. The molecule has 1 aliphatic rings. The van der Waals surface area contributed by atoms with Gasteiger partial charge in [-0.1, -0.05) is 6.42 Å². The van der Waals surface area contributed by atoms with Crippen LogP contribution in [0.3, 0.4) is 0 Å². The topological polar surface area (TPSA) is 41.6 Å². The summed E-state index contributed by atoms with van der Waals surface area (Å²) >= 11 is 0. The predicted octanol–water partition coefficient (Wildman–Crippen LogP) is 2.05. The highest BCUT2D eigenvalue weighted by molar-refractivity contribution is 5.94. The maximum Gasteiger partial charge on any atom is 0.256 e. The normalized spacial score (nSPS) is 18.6. The minimum atomic E-state index is -0.544. The number of nitrogens with zero attached hydrogens (tertiary/aromatic N) is 1. The van der Waals surface area contributed by atoms with E-state index < -0.39 is 5.82 Å². The number of carbonyl (C=O) groups excluding carboxylic acids is 1. The van der Waals surface area contributed by atoms with Crippen molar-refractivity contribution < 1.29 is 13.9 Å². The highest BCUT2D eigenvalue weighted by Crippen LogP contribution is 2.18. The maximum absolute atomic E-state index is 13.9. The number of methoxy groups -OCH3 is 1. The van der Waals surface area contributed by atoms with Crippen LogP contribution < -0.4 is 10.1 Å². The van der Waals surface area contributed by atoms with Crippen molar-refractivity contribution in [3.63, 3.8) is 0 Å². The first-order valence-corrected chi connectivity index (χ1v) is 6.94. The number of amides is 1. The Bertz CT molecular complexity index is 473. The van der Waals surface area contributed by atoms with Crippen molar-refractivity contribution >= 4 is 5.91 Å². The third-order valence-corrected chi connectivity index (χ3v) is 3.66. The summed E-state index contributed by atoms with van der Waals surface area (Å²) in [6.45, 7) is 1.59. The third kappa shape index (κ3) is 3.48. The van der Waals surface area contributed by atoms with E-state index in [1.807, 2.05) is 0 Å². The van der Waals surface area contributed by atoms with Crippen LogP contribution in [0.4, 0.5) is 4.39 Å². The molecular weight excluding hydrogens is 259 g/mol. The quantitative estimate of drug-likeness (QED) is 0.918. The molecule has 0 bridgehead atoms. The van der Waals surface area contributed by atoms with Gasteiger partial charge in [-0.25, -0.2) is 4.39 Å². The van der Waals surface area contributed by atoms with Crippen LogP contribution in [0.2, 0.25) is 0 Å². The predicted molar refractivity (Wildman–Crippen MR) is 75.6 cm³/mol. The Labute approximate surface area is 118 Å². The van der Waals surface area contributed by atoms with Gasteiger partial charge in [0.2, 0.25) is 0 Å². The van der Waals surface area contributed by atoms with Gasteiger partial charge in [-0.05, 0) is 31.5 Å². The Balaban J connectivity index is 2.02. The van der Waals surface area contributed by atoms with Crippen molar-refractivity contribution in [1.29, 1.82) is 0 Å². The smallest absolute Gasteiger partial charge is 0.256 e. The zero-order chi connectivity index (χ0) is 14.5. The first kappa shape index (κ1) is 14.8. The number of hydrogen-bond donors (Lipinski definition) is 1. The first-order valence-electron chi connectivity index (χ1n) is 6.94. The Morgan fingerprint density at radius 3 is 2.90 bits per heavy atom. The lowest BCUT2D eigenvalue weighted by molar-refractivity contribution is 0.0770. The van der Waals surface area contributed by atoms with Gasteiger partial charge in [-0.15, -0.1) is 0 Å². The van der Waals surface area contributed by atoms with Gasteiger partial charge in [0.1, 0.15) is 11.6 Å². The van der Waals surface area contributed by atoms with Crippen LogP contribution in [-0.4, -0.2) is 44.1 Å². The number of rotatable bonds is 4. The van der Waals surface area contributed by atoms with Gasteiger partial charge in [0.25, 0.3) is 5.91 Å². The third-order valence-electron chi connectivity index (χ3n) is 3.66. The number of hydrogen-bond acceptors (Lipinski definition) is 3. The molecule has 1 heterocycles. The fourth-order valence-corrected chi connectivity index (χ4v) is 2.50. The molecule has 0 radical (unpaired) electrons. The second kappa shape index (κ2) is 6.70. The molecule has 2 rings (SSSR count). The second-order valence-electron chi connectivity index (χ2n) is 5.18. The molecule has 0 saturated carbocycles. The number of carbonyl (C=O) groups is 1. The number of nitrogens with one attached hydrogen (secondary N) is 1. The monoisotopic (exact) mass is 280 g/mol. The SMILES string of the molecule is COc1ccc(C(=O)N(C)CC2CCCCN2)c(F)c1. The van der Waals surface area contributed by atoms with Crippen molar-refractivity contribution in [3.8, 4) is 5.75 Å². The van der Waals surface area contributed by atoms with Gasteiger partial charge < -0.3 is 15.0 Å². The van der Waals surface area contributed by atoms with E-state index in [0.29, 0.717) is 18.3 Å². The minimum Gasteiger partial charge on any atom is -0.497 e. The molecule has 1 aliphatic heterocycles. The number of benzene rings is 1. The minimum absolute atomic E-state index is 0.0871. The lowest BCUT2D eigenvalue weighted by Crippen LogP contribution is -2.44. The van der Waals surface area contributed by atoms with Gasteiger partial charge in [-0.3, -0.25) is 4.79 Å². The van der Waals surface area contributed by atoms with E-state index in [1.54, 1.807) is 18.0 Å². The molecule has 110 valence electrons. The zero-order valence-corrected chi connectivity index (χ0v) is 12.0. The molecule has 1 amide bonds. The van der Waals surface area contributed by atoms with E-state index in [4.69, 9.17) is 4.74 Å². The Morgan fingerprint density at radius 2 is 2.30 bits per heavy atom. The van der Waals surface area contributed by atoms with Crippen LogP contribution in [0.25, 0.3) is 0 Å². The van der Waals surface area contributed by atoms with E-state index in [-0.39, 0.29) is 11.5 Å². The molecule has 1 aromatic carbocycles. The summed E-state index contributed by atoms with van der Waals surface area (Å²) in [5.74, 6) is -0.425. The lowest BCUT2D eigenvalue weighted by Gasteiger charge is -2.28. The Morgan fingerprint density at radius 1 is 1.50 bits per heavy atom. The molecule has 1 aromatic rings. The van der Waals surface area contributed by atoms with Crippen LogP contribution in [0.1, 0.15) is 29.6 Å². The van der Waals surface area contributed by atoms with Gasteiger partial charge in [0.05, 0.1) is 12.7 Å². The summed E-state index contributed by atoms with van der Waals surface area (Å²) in [6.07, 6.45) is 3.42. The summed E-state index contributed by atoms with van der Waals surface area (Å²) in [5, 5.41) is 3.38. The lowest BCUT2D eigenvalue weighted by atomic mass is 10.0. The van der Waals surface area contributed by atoms with Gasteiger partial charge in [-0.2, -0.15) is 0 Å². The van der Waals surface area contributed by atoms with Crippen LogP contribution in [0.15, 0.2) is 18.2 Å². The summed E-state index contributed by atoms with van der Waals surface area (Å²) < 4.78 is 18.8. The van der Waals surface area contributed by atoms with Crippen LogP contribution in [0, 0.1) is 5.82 Å². The standard InChI is InChI=1S/C15H21FN2O2/c1-18(10-11-5-3-4-8-17-11)15(19)13-7-6-12(20-2)9-14(13)16/h6-7,9,11,17H,3-5,8,10H2,1-2H3. The van der Waals surface area contributed by atoms with Crippen molar-refractivity contribution in [3.05, 3.63) is 29.6 Å². The molecule has 1 saturated heterocycles. The molecule has 1 atom stereocenters. The average molecular weight is 280 g/mol.